The van der Waals surface area contributed by atoms with Gasteiger partial charge in [0.1, 0.15) is 17.2 Å². The molecule has 0 radical (unpaired) electrons. The van der Waals surface area contributed by atoms with Gasteiger partial charge in [-0.2, -0.15) is 0 Å². The average Bonchev–Trinajstić information content (AvgIpc) is 2.97. The summed E-state index contributed by atoms with van der Waals surface area (Å²) in [6.45, 7) is 4.11. The number of thiophene rings is 1. The van der Waals surface area contributed by atoms with Crippen molar-refractivity contribution in [2.24, 2.45) is 0 Å². The molecular formula is C19H22N5OS2+. The molecule has 6 nitrogen and oxygen atoms in total. The topological polar surface area (TPSA) is 85.3 Å². The molecule has 1 amide bonds. The van der Waals surface area contributed by atoms with E-state index < -0.39 is 0 Å². The van der Waals surface area contributed by atoms with Crippen LogP contribution in [-0.2, 0) is 17.8 Å². The quantitative estimate of drug-likeness (QED) is 0.460. The highest BCUT2D eigenvalue weighted by molar-refractivity contribution is 7.99. The Bertz CT molecular complexity index is 1020. The van der Waals surface area contributed by atoms with Gasteiger partial charge in [-0.15, -0.1) is 11.3 Å². The lowest BCUT2D eigenvalue weighted by molar-refractivity contribution is -0.895. The number of hydrogen-bond acceptors (Lipinski definition) is 6. The van der Waals surface area contributed by atoms with E-state index in [1.165, 1.54) is 27.1 Å². The van der Waals surface area contributed by atoms with Gasteiger partial charge in [0.2, 0.25) is 5.91 Å². The van der Waals surface area contributed by atoms with Gasteiger partial charge in [-0.05, 0) is 30.2 Å². The number of anilines is 2. The van der Waals surface area contributed by atoms with Crippen molar-refractivity contribution in [1.29, 1.82) is 0 Å². The number of amides is 1. The van der Waals surface area contributed by atoms with Crippen molar-refractivity contribution < 1.29 is 9.69 Å². The van der Waals surface area contributed by atoms with Crippen molar-refractivity contribution in [3.8, 4) is 0 Å². The number of hydrogen-bond donors (Lipinski definition) is 3. The SMILES string of the molecule is Cc1cccc(NC(=O)CSc2nc(N)c3c4c(sc3n2)C[NH+](C)CC4)c1. The Kier molecular flexibility index (Phi) is 5.03. The van der Waals surface area contributed by atoms with Crippen molar-refractivity contribution in [2.45, 2.75) is 25.0 Å². The van der Waals surface area contributed by atoms with Crippen LogP contribution in [0.2, 0.25) is 0 Å². The summed E-state index contributed by atoms with van der Waals surface area (Å²) in [5, 5.41) is 4.47. The second kappa shape index (κ2) is 7.46. The van der Waals surface area contributed by atoms with E-state index in [2.05, 4.69) is 22.3 Å². The lowest BCUT2D eigenvalue weighted by Gasteiger charge is -2.19. The zero-order chi connectivity index (χ0) is 19.0. The Morgan fingerprint density at radius 2 is 2.26 bits per heavy atom. The number of carbonyl (C=O) groups excluding carboxylic acids is 1. The number of nitrogens with one attached hydrogen (secondary N) is 2. The summed E-state index contributed by atoms with van der Waals surface area (Å²) >= 11 is 3.02. The first-order chi connectivity index (χ1) is 13.0. The molecule has 0 spiro atoms. The standard InChI is InChI=1S/C19H21N5OS2/c1-11-4-3-5-12(8-11)21-15(25)10-26-19-22-17(20)16-13-6-7-24(2)9-14(13)27-18(16)23-19/h3-5,8H,6-7,9-10H2,1-2H3,(H,21,25)(H2,20,22,23)/p+1. The molecule has 3 heterocycles. The van der Waals surface area contributed by atoms with E-state index in [-0.39, 0.29) is 11.7 Å². The van der Waals surface area contributed by atoms with Crippen LogP contribution in [0.4, 0.5) is 11.5 Å². The summed E-state index contributed by atoms with van der Waals surface area (Å²) in [6.07, 6.45) is 1.01. The predicted molar refractivity (Wildman–Crippen MR) is 112 cm³/mol. The summed E-state index contributed by atoms with van der Waals surface area (Å²) in [4.78, 5) is 25.1. The third-order valence-electron chi connectivity index (χ3n) is 4.64. The third-order valence-corrected chi connectivity index (χ3v) is 6.61. The molecule has 3 aromatic rings. The highest BCUT2D eigenvalue weighted by atomic mass is 32.2. The number of quaternary nitrogens is 1. The van der Waals surface area contributed by atoms with Crippen molar-refractivity contribution in [2.75, 3.05) is 30.4 Å². The Morgan fingerprint density at radius 3 is 3.07 bits per heavy atom. The van der Waals surface area contributed by atoms with Crippen LogP contribution < -0.4 is 16.0 Å². The van der Waals surface area contributed by atoms with Crippen LogP contribution in [0.25, 0.3) is 10.2 Å². The number of aromatic nitrogens is 2. The third kappa shape index (κ3) is 3.92. The van der Waals surface area contributed by atoms with E-state index in [1.54, 1.807) is 11.3 Å². The number of fused-ring (bicyclic) bond motifs is 3. The minimum absolute atomic E-state index is 0.0800. The van der Waals surface area contributed by atoms with Gasteiger partial charge in [0, 0.05) is 12.1 Å². The van der Waals surface area contributed by atoms with Crippen LogP contribution in [0.3, 0.4) is 0 Å². The van der Waals surface area contributed by atoms with Gasteiger partial charge < -0.3 is 16.0 Å². The van der Waals surface area contributed by atoms with Crippen molar-refractivity contribution >= 4 is 50.7 Å². The van der Waals surface area contributed by atoms with E-state index in [4.69, 9.17) is 5.73 Å². The van der Waals surface area contributed by atoms with Gasteiger partial charge >= 0.3 is 0 Å². The molecule has 1 aromatic carbocycles. The highest BCUT2D eigenvalue weighted by Crippen LogP contribution is 2.35. The number of aryl methyl sites for hydroxylation is 1. The molecule has 1 unspecified atom stereocenters. The number of nitrogens with zero attached hydrogens (tertiary/aromatic N) is 2. The lowest BCUT2D eigenvalue weighted by Crippen LogP contribution is -3.08. The Morgan fingerprint density at radius 1 is 1.41 bits per heavy atom. The molecule has 2 aromatic heterocycles. The minimum Gasteiger partial charge on any atom is -0.383 e. The zero-order valence-electron chi connectivity index (χ0n) is 15.3. The second-order valence-corrected chi connectivity index (χ2v) is 8.94. The summed E-state index contributed by atoms with van der Waals surface area (Å²) in [7, 11) is 2.20. The van der Waals surface area contributed by atoms with Crippen LogP contribution in [0, 0.1) is 6.92 Å². The van der Waals surface area contributed by atoms with Crippen LogP contribution in [0.15, 0.2) is 29.4 Å². The number of carbonyl (C=O) groups is 1. The van der Waals surface area contributed by atoms with Gasteiger partial charge in [-0.1, -0.05) is 23.9 Å². The van der Waals surface area contributed by atoms with Crippen molar-refractivity contribution in [3.05, 3.63) is 40.3 Å². The lowest BCUT2D eigenvalue weighted by atomic mass is 10.1. The summed E-state index contributed by atoms with van der Waals surface area (Å²) < 4.78 is 0. The Balaban J connectivity index is 1.48. The number of nitrogen functional groups attached to an aromatic ring is 1. The molecule has 4 N–H and O–H groups in total. The fourth-order valence-corrected chi connectivity index (χ4v) is 5.38. The minimum atomic E-state index is -0.0800. The molecule has 27 heavy (non-hydrogen) atoms. The number of nitrogens with two attached hydrogens (primary N) is 1. The first-order valence-corrected chi connectivity index (χ1v) is 10.7. The molecule has 0 aliphatic carbocycles. The highest BCUT2D eigenvalue weighted by Gasteiger charge is 2.24. The predicted octanol–water partition coefficient (Wildman–Crippen LogP) is 1.88. The van der Waals surface area contributed by atoms with Gasteiger partial charge in [-0.25, -0.2) is 9.97 Å². The van der Waals surface area contributed by atoms with E-state index in [0.717, 1.165) is 41.0 Å². The number of thioether (sulfide) groups is 1. The first-order valence-electron chi connectivity index (χ1n) is 8.88. The summed E-state index contributed by atoms with van der Waals surface area (Å²) in [5.74, 6) is 0.693. The van der Waals surface area contributed by atoms with Gasteiger partial charge in [0.05, 0.1) is 29.6 Å². The summed E-state index contributed by atoms with van der Waals surface area (Å²) in [6, 6.07) is 7.74. The number of likely N-dealkylation sites (N-methyl/N-ethyl adjacent to an activating group) is 1. The normalized spacial score (nSPS) is 16.3. The fraction of sp³-hybridized carbons (Fsp3) is 0.316. The molecule has 0 saturated heterocycles. The Labute approximate surface area is 166 Å². The smallest absolute Gasteiger partial charge is 0.234 e. The van der Waals surface area contributed by atoms with Crippen LogP contribution >= 0.6 is 23.1 Å². The fourth-order valence-electron chi connectivity index (χ4n) is 3.33. The van der Waals surface area contributed by atoms with Crippen molar-refractivity contribution in [3.63, 3.8) is 0 Å². The molecule has 0 bridgehead atoms. The molecule has 4 rings (SSSR count). The first kappa shape index (κ1) is 18.2. The van der Waals surface area contributed by atoms with Gasteiger partial charge in [0.15, 0.2) is 5.16 Å². The molecule has 140 valence electrons. The van der Waals surface area contributed by atoms with Crippen LogP contribution in [-0.4, -0.2) is 35.2 Å². The van der Waals surface area contributed by atoms with E-state index in [1.807, 2.05) is 31.2 Å². The molecule has 0 saturated carbocycles. The second-order valence-electron chi connectivity index (χ2n) is 6.92. The number of rotatable bonds is 4. The Hall–Kier alpha value is -2.16. The van der Waals surface area contributed by atoms with Crippen molar-refractivity contribution in [1.82, 2.24) is 9.97 Å². The maximum atomic E-state index is 12.2. The molecule has 1 aliphatic heterocycles. The van der Waals surface area contributed by atoms with Gasteiger partial charge in [0.25, 0.3) is 0 Å². The largest absolute Gasteiger partial charge is 0.383 e. The van der Waals surface area contributed by atoms with E-state index in [0.29, 0.717) is 11.0 Å². The maximum Gasteiger partial charge on any atom is 0.234 e. The molecule has 1 atom stereocenters. The molecule has 1 aliphatic rings. The molecular weight excluding hydrogens is 378 g/mol. The monoisotopic (exact) mass is 400 g/mol. The summed E-state index contributed by atoms with van der Waals surface area (Å²) in [5.41, 5.74) is 9.46. The maximum absolute atomic E-state index is 12.2. The van der Waals surface area contributed by atoms with Crippen LogP contribution in [0.1, 0.15) is 16.0 Å². The molecule has 0 fully saturated rings. The molecule has 8 heteroatoms. The zero-order valence-corrected chi connectivity index (χ0v) is 17.0. The van der Waals surface area contributed by atoms with Crippen LogP contribution in [0.5, 0.6) is 0 Å². The number of benzene rings is 1. The van der Waals surface area contributed by atoms with E-state index >= 15 is 0 Å². The van der Waals surface area contributed by atoms with Gasteiger partial charge in [-0.3, -0.25) is 4.79 Å². The average molecular weight is 401 g/mol. The van der Waals surface area contributed by atoms with E-state index in [9.17, 15) is 4.79 Å².